The number of carboxylic acids is 1. The second-order valence-corrected chi connectivity index (χ2v) is 26.1. The topological polar surface area (TPSA) is 388 Å². The lowest BCUT2D eigenvalue weighted by Crippen LogP contribution is -2.76. The van der Waals surface area contributed by atoms with Gasteiger partial charge < -0.3 is 104 Å². The summed E-state index contributed by atoms with van der Waals surface area (Å²) in [6.45, 7) is 19.9. The molecule has 476 valence electrons. The molecule has 0 aromatic heterocycles. The smallest absolute Gasteiger partial charge is 0.335 e. The van der Waals surface area contributed by atoms with Crippen LogP contribution in [0.4, 0.5) is 0 Å². The molecule has 0 spiro atoms. The highest BCUT2D eigenvalue weighted by Crippen LogP contribution is 2.76. The van der Waals surface area contributed by atoms with Crippen LogP contribution in [-0.2, 0) is 52.3 Å². The Kier molecular flexibility index (Phi) is 21.2. The highest BCUT2D eigenvalue weighted by atomic mass is 16.8. The average molecular weight is 1190 g/mol. The van der Waals surface area contributed by atoms with Crippen LogP contribution in [0, 0.1) is 50.2 Å². The Morgan fingerprint density at radius 1 is 0.651 bits per heavy atom. The number of aliphatic hydroxyl groups excluding tert-OH is 12. The number of allylic oxidation sites excluding steroid dienone is 3. The van der Waals surface area contributed by atoms with E-state index in [0.29, 0.717) is 23.5 Å². The van der Waals surface area contributed by atoms with Gasteiger partial charge in [-0.15, -0.1) is 0 Å². The fourth-order valence-electron chi connectivity index (χ4n) is 15.9. The zero-order chi connectivity index (χ0) is 61.3. The minimum atomic E-state index is -1.97. The van der Waals surface area contributed by atoms with Crippen molar-refractivity contribution in [2.75, 3.05) is 26.9 Å². The van der Waals surface area contributed by atoms with E-state index >= 15 is 0 Å². The van der Waals surface area contributed by atoms with Crippen molar-refractivity contribution in [3.8, 4) is 0 Å². The van der Waals surface area contributed by atoms with Crippen LogP contribution in [-0.4, -0.2) is 228 Å². The molecule has 3 heterocycles. The summed E-state index contributed by atoms with van der Waals surface area (Å²) in [7, 11) is 1.11. The Hall–Kier alpha value is -3.09. The predicted molar refractivity (Wildman–Crippen MR) is 292 cm³/mol. The summed E-state index contributed by atoms with van der Waals surface area (Å²) in [5, 5.41) is 137. The van der Waals surface area contributed by atoms with Crippen LogP contribution < -0.4 is 0 Å². The van der Waals surface area contributed by atoms with Crippen LogP contribution in [0.3, 0.4) is 0 Å². The van der Waals surface area contributed by atoms with Gasteiger partial charge in [0.1, 0.15) is 67.1 Å². The van der Waals surface area contributed by atoms with Gasteiger partial charge in [-0.1, -0.05) is 79.7 Å². The molecule has 83 heavy (non-hydrogen) atoms. The molecule has 4 saturated carbocycles. The number of hydrogen-bond acceptors (Lipinski definition) is 23. The van der Waals surface area contributed by atoms with E-state index < -0.39 is 176 Å². The Morgan fingerprint density at radius 3 is 1.67 bits per heavy atom. The van der Waals surface area contributed by atoms with E-state index in [1.807, 2.05) is 13.8 Å². The Balaban J connectivity index is 0.000000279. The first kappa shape index (κ1) is 69.0. The summed E-state index contributed by atoms with van der Waals surface area (Å²) in [5.74, 6) is -2.72. The van der Waals surface area contributed by atoms with E-state index in [-0.39, 0.29) is 30.3 Å². The molecular formula is C59H96O24. The largest absolute Gasteiger partial charge is 0.479 e. The first-order valence-corrected chi connectivity index (χ1v) is 28.6. The zero-order valence-corrected chi connectivity index (χ0v) is 49.1. The monoisotopic (exact) mass is 1190 g/mol. The molecule has 0 aromatic rings. The summed E-state index contributed by atoms with van der Waals surface area (Å²) < 4.78 is 44.4. The summed E-state index contributed by atoms with van der Waals surface area (Å²) in [6, 6.07) is 0. The molecule has 8 aliphatic rings. The van der Waals surface area contributed by atoms with Crippen molar-refractivity contribution in [1.82, 2.24) is 0 Å². The quantitative estimate of drug-likeness (QED) is 0.0679. The van der Waals surface area contributed by atoms with E-state index in [1.54, 1.807) is 39.8 Å². The van der Waals surface area contributed by atoms with Gasteiger partial charge >= 0.3 is 17.9 Å². The third-order valence-electron chi connectivity index (χ3n) is 21.3. The molecule has 8 rings (SSSR count). The highest BCUT2D eigenvalue weighted by Gasteiger charge is 2.76. The molecule has 0 bridgehead atoms. The van der Waals surface area contributed by atoms with Crippen molar-refractivity contribution in [3.05, 3.63) is 34.9 Å². The second kappa shape index (κ2) is 25.6. The average Bonchev–Trinajstić information content (AvgIpc) is 0.944. The number of ether oxygens (including phenoxy) is 8. The number of rotatable bonds is 13. The molecule has 0 amide bonds. The van der Waals surface area contributed by atoms with Crippen LogP contribution in [0.1, 0.15) is 122 Å². The van der Waals surface area contributed by atoms with Gasteiger partial charge in [0.05, 0.1) is 43.5 Å². The molecule has 24 nitrogen and oxygen atoms in total. The lowest BCUT2D eigenvalue weighted by molar-refractivity contribution is -0.374. The molecule has 24 heteroatoms. The Morgan fingerprint density at radius 2 is 1.17 bits per heavy atom. The van der Waals surface area contributed by atoms with Crippen molar-refractivity contribution in [2.24, 2.45) is 50.2 Å². The molecule has 7 fully saturated rings. The fourth-order valence-corrected chi connectivity index (χ4v) is 15.9. The van der Waals surface area contributed by atoms with Gasteiger partial charge in [-0.05, 0) is 100 Å². The van der Waals surface area contributed by atoms with Gasteiger partial charge in [0.2, 0.25) is 0 Å². The molecule has 26 atom stereocenters. The van der Waals surface area contributed by atoms with Crippen molar-refractivity contribution in [2.45, 2.75) is 239 Å². The first-order valence-electron chi connectivity index (χ1n) is 28.6. The zero-order valence-electron chi connectivity index (χ0n) is 49.1. The molecule has 3 aliphatic heterocycles. The standard InChI is InChI=1S/C40H62O8.C18H30O16.CH4/c1-12-22(3)33(45)47-31-32(48-34(46)23(4)13-2)40(21-41)25(20-35(31,5)6)24-14-15-27-37(9)18-17-28(42)36(7,8)26(37)16-19-38(27,10)39(24,11)29(43)30(40)44;1-29-18-14(34-17-10(25)8(23)6(21)4(2-19)30-17)12(11(26)13(33-18)15(27)28)32-16-9(24)7(22)5(3-20)31-16;/h12-14,25-32,41-44H,15-21H2,1-11H3;4-14,16-26H,2-3H2,1H3,(H,27,28);1H4/b22-12-,23-13-;;/t25?,26?,27?,28-,29-,30+,31-,32-,37-,38+,39-,40-;4?,5-,6-,7?,8+,9-,10?,11-,12+,13?,14?,16-,17-,18+;/m00./s1. The van der Waals surface area contributed by atoms with Crippen LogP contribution >= 0.6 is 0 Å². The van der Waals surface area contributed by atoms with Gasteiger partial charge in [-0.2, -0.15) is 0 Å². The van der Waals surface area contributed by atoms with Crippen molar-refractivity contribution in [1.29, 1.82) is 0 Å². The summed E-state index contributed by atoms with van der Waals surface area (Å²) in [6.07, 6.45) is -18.6. The first-order chi connectivity index (χ1) is 38.2. The normalized spacial score (nSPS) is 47.3. The summed E-state index contributed by atoms with van der Waals surface area (Å²) >= 11 is 0. The third-order valence-corrected chi connectivity index (χ3v) is 21.3. The molecule has 8 unspecified atom stereocenters. The fraction of sp³-hybridized carbons (Fsp3) is 0.847. The number of hydrogen-bond donors (Lipinski definition) is 13. The number of aliphatic hydroxyl groups is 12. The third kappa shape index (κ3) is 11.3. The molecule has 0 radical (unpaired) electrons. The number of esters is 2. The molecule has 13 N–H and O–H groups in total. The highest BCUT2D eigenvalue weighted by molar-refractivity contribution is 5.89. The van der Waals surface area contributed by atoms with E-state index in [1.165, 1.54) is 0 Å². The van der Waals surface area contributed by atoms with Crippen molar-refractivity contribution < 1.29 is 119 Å². The Labute approximate surface area is 486 Å². The Bertz CT molecular complexity index is 2390. The van der Waals surface area contributed by atoms with Gasteiger partial charge in [-0.3, -0.25) is 0 Å². The van der Waals surface area contributed by atoms with Crippen molar-refractivity contribution in [3.63, 3.8) is 0 Å². The minimum Gasteiger partial charge on any atom is -0.479 e. The number of fused-ring (bicyclic) bond motifs is 7. The summed E-state index contributed by atoms with van der Waals surface area (Å²) in [5.41, 5.74) is -2.06. The lowest BCUT2D eigenvalue weighted by Gasteiger charge is -2.73. The number of methoxy groups -OCH3 is 1. The molecule has 0 aromatic carbocycles. The van der Waals surface area contributed by atoms with E-state index in [9.17, 15) is 80.8 Å². The molecular weight excluding hydrogens is 1090 g/mol. The van der Waals surface area contributed by atoms with Crippen LogP contribution in [0.25, 0.3) is 0 Å². The lowest BCUT2D eigenvalue weighted by atomic mass is 9.32. The maximum atomic E-state index is 13.5. The van der Waals surface area contributed by atoms with Crippen LogP contribution in [0.15, 0.2) is 34.9 Å². The SMILES string of the molecule is C.C/C=C(/C)C(=O)O[C@H]1[C@H](OC(=O)/C(C)=C\C)[C@@]2(CO)C(CC1(C)C)C1=CCC3[C@@]4(C)CC[C@H](O)C(C)(C)C4CC[C@@]3(C)[C@]1(C)[C@@H](O)[C@H]2O.CO[C@@H]1OC(C(=O)O)[C@@H](O)[C@@H](O[C@@H]2O[C@@H](CO)C(O)[C@@H]2O)C1O[C@@H]1OC(CO)[C@H](O)[C@@H](O)C1O. The maximum Gasteiger partial charge on any atom is 0.335 e. The number of aliphatic carboxylic acids is 1. The number of carboxylic acid groups (broad SMARTS) is 1. The second-order valence-electron chi connectivity index (χ2n) is 26.1. The van der Waals surface area contributed by atoms with Gasteiger partial charge in [0.15, 0.2) is 31.1 Å². The molecule has 5 aliphatic carbocycles. The van der Waals surface area contributed by atoms with Crippen LogP contribution in [0.5, 0.6) is 0 Å². The maximum absolute atomic E-state index is 13.5. The van der Waals surface area contributed by atoms with Gasteiger partial charge in [-0.25, -0.2) is 14.4 Å². The number of carbonyl (C=O) groups excluding carboxylic acids is 2. The van der Waals surface area contributed by atoms with Crippen molar-refractivity contribution >= 4 is 17.9 Å². The van der Waals surface area contributed by atoms with E-state index in [2.05, 4.69) is 40.7 Å². The van der Waals surface area contributed by atoms with E-state index in [0.717, 1.165) is 44.8 Å². The van der Waals surface area contributed by atoms with Gasteiger partial charge in [0.25, 0.3) is 0 Å². The number of carbonyl (C=O) groups is 3. The van der Waals surface area contributed by atoms with Gasteiger partial charge in [0, 0.05) is 29.1 Å². The predicted octanol–water partition coefficient (Wildman–Crippen LogP) is 0.507. The minimum absolute atomic E-state index is 0. The molecule has 3 saturated heterocycles. The summed E-state index contributed by atoms with van der Waals surface area (Å²) in [4.78, 5) is 38.4. The van der Waals surface area contributed by atoms with E-state index in [4.69, 9.17) is 37.9 Å². The van der Waals surface area contributed by atoms with Crippen LogP contribution in [0.2, 0.25) is 0 Å².